The number of aliphatic carboxylic acids is 1. The quantitative estimate of drug-likeness (QED) is 0.618. The Morgan fingerprint density at radius 1 is 1.18 bits per heavy atom. The van der Waals surface area contributed by atoms with Crippen LogP contribution >= 0.6 is 0 Å². The molecule has 0 aromatic heterocycles. The van der Waals surface area contributed by atoms with Crippen molar-refractivity contribution in [3.8, 4) is 0 Å². The topological polar surface area (TPSA) is 118 Å². The third-order valence-electron chi connectivity index (χ3n) is 5.04. The van der Waals surface area contributed by atoms with Gasteiger partial charge in [-0.1, -0.05) is 0 Å². The Morgan fingerprint density at radius 2 is 1.68 bits per heavy atom. The minimum absolute atomic E-state index is 0.0267. The number of hydrogen-bond acceptors (Lipinski definition) is 6. The predicted molar refractivity (Wildman–Crippen MR) is 93.0 cm³/mol. The molecule has 0 unspecified atom stereocenters. The Bertz CT molecular complexity index is 662. The number of piperazine rings is 1. The first kappa shape index (κ1) is 24.6. The van der Waals surface area contributed by atoms with E-state index in [9.17, 15) is 26.4 Å². The van der Waals surface area contributed by atoms with Gasteiger partial charge in [0, 0.05) is 32.7 Å². The van der Waals surface area contributed by atoms with Crippen LogP contribution in [0.5, 0.6) is 0 Å². The molecule has 0 radical (unpaired) electrons. The van der Waals surface area contributed by atoms with E-state index in [-0.39, 0.29) is 18.3 Å². The summed E-state index contributed by atoms with van der Waals surface area (Å²) in [6.07, 6.45) is -4.05. The van der Waals surface area contributed by atoms with Crippen LogP contribution in [0.25, 0.3) is 0 Å². The summed E-state index contributed by atoms with van der Waals surface area (Å²) in [4.78, 5) is 25.4. The number of nitrogens with zero attached hydrogens (tertiary/aromatic N) is 3. The molecule has 0 aromatic rings. The van der Waals surface area contributed by atoms with Crippen molar-refractivity contribution in [3.05, 3.63) is 0 Å². The molecule has 2 fully saturated rings. The van der Waals surface area contributed by atoms with Gasteiger partial charge in [0.15, 0.2) is 0 Å². The Balaban J connectivity index is 0.000000480. The Morgan fingerprint density at radius 3 is 2.07 bits per heavy atom. The fourth-order valence-electron chi connectivity index (χ4n) is 3.29. The van der Waals surface area contributed by atoms with Gasteiger partial charge in [-0.2, -0.15) is 13.2 Å². The number of sulfonamides is 1. The molecule has 164 valence electrons. The highest BCUT2D eigenvalue weighted by molar-refractivity contribution is 7.89. The largest absolute Gasteiger partial charge is 0.490 e. The molecule has 1 amide bonds. The standard InChI is InChI=1S/C13H25N3O4S.C2HF3O2/c1-3-21(19,20)16-6-4-13(5-7-16)12(18)15(10-11-17)9-8-14(13)2;3-2(4,5)1(6)7/h17H,3-11H2,1-2H3;(H,6,7). The molecule has 0 aliphatic carbocycles. The second-order valence-electron chi connectivity index (χ2n) is 6.57. The van der Waals surface area contributed by atoms with E-state index in [0.29, 0.717) is 39.0 Å². The molecule has 2 aliphatic heterocycles. The van der Waals surface area contributed by atoms with Gasteiger partial charge in [-0.15, -0.1) is 0 Å². The van der Waals surface area contributed by atoms with Crippen molar-refractivity contribution in [2.24, 2.45) is 0 Å². The Labute approximate surface area is 161 Å². The number of aliphatic hydroxyl groups is 1. The van der Waals surface area contributed by atoms with E-state index in [2.05, 4.69) is 4.90 Å². The van der Waals surface area contributed by atoms with Gasteiger partial charge in [-0.05, 0) is 26.8 Å². The summed E-state index contributed by atoms with van der Waals surface area (Å²) < 4.78 is 57.1. The van der Waals surface area contributed by atoms with Crippen LogP contribution in [0.3, 0.4) is 0 Å². The molecular weight excluding hydrogens is 407 g/mol. The van der Waals surface area contributed by atoms with E-state index in [4.69, 9.17) is 15.0 Å². The van der Waals surface area contributed by atoms with Crippen molar-refractivity contribution in [2.75, 3.05) is 52.1 Å². The van der Waals surface area contributed by atoms with Gasteiger partial charge >= 0.3 is 12.1 Å². The minimum Gasteiger partial charge on any atom is -0.475 e. The van der Waals surface area contributed by atoms with Crippen LogP contribution in [0.2, 0.25) is 0 Å². The summed E-state index contributed by atoms with van der Waals surface area (Å²) in [7, 11) is -1.26. The third kappa shape index (κ3) is 5.55. The number of halogens is 3. The van der Waals surface area contributed by atoms with Crippen LogP contribution in [0, 0.1) is 0 Å². The first-order valence-electron chi connectivity index (χ1n) is 8.71. The van der Waals surface area contributed by atoms with E-state index >= 15 is 0 Å². The van der Waals surface area contributed by atoms with Gasteiger partial charge in [0.25, 0.3) is 0 Å². The molecule has 13 heteroatoms. The average Bonchev–Trinajstić information content (AvgIpc) is 2.63. The van der Waals surface area contributed by atoms with Crippen LogP contribution < -0.4 is 0 Å². The van der Waals surface area contributed by atoms with Crippen molar-refractivity contribution in [3.63, 3.8) is 0 Å². The monoisotopic (exact) mass is 433 g/mol. The molecule has 28 heavy (non-hydrogen) atoms. The number of piperidine rings is 1. The third-order valence-corrected chi connectivity index (χ3v) is 6.92. The van der Waals surface area contributed by atoms with Crippen LogP contribution in [0.4, 0.5) is 13.2 Å². The van der Waals surface area contributed by atoms with Gasteiger partial charge in [0.05, 0.1) is 12.4 Å². The second-order valence-corrected chi connectivity index (χ2v) is 8.83. The van der Waals surface area contributed by atoms with Gasteiger partial charge < -0.3 is 15.1 Å². The lowest BCUT2D eigenvalue weighted by Gasteiger charge is -2.51. The van der Waals surface area contributed by atoms with Gasteiger partial charge in [0.1, 0.15) is 5.54 Å². The molecule has 9 nitrogen and oxygen atoms in total. The number of rotatable bonds is 4. The van der Waals surface area contributed by atoms with Crippen LogP contribution in [-0.4, -0.2) is 108 Å². The summed E-state index contributed by atoms with van der Waals surface area (Å²) in [6.45, 7) is 4.10. The van der Waals surface area contributed by atoms with Crippen LogP contribution in [0.1, 0.15) is 19.8 Å². The van der Waals surface area contributed by atoms with Crippen molar-refractivity contribution >= 4 is 21.9 Å². The van der Waals surface area contributed by atoms with Gasteiger partial charge in [-0.25, -0.2) is 17.5 Å². The molecule has 2 heterocycles. The molecule has 0 bridgehead atoms. The molecule has 2 N–H and O–H groups in total. The maximum atomic E-state index is 12.7. The maximum absolute atomic E-state index is 12.7. The summed E-state index contributed by atoms with van der Waals surface area (Å²) >= 11 is 0. The lowest BCUT2D eigenvalue weighted by Crippen LogP contribution is -2.68. The van der Waals surface area contributed by atoms with Gasteiger partial charge in [-0.3, -0.25) is 9.69 Å². The maximum Gasteiger partial charge on any atom is 0.490 e. The van der Waals surface area contributed by atoms with E-state index < -0.39 is 27.7 Å². The van der Waals surface area contributed by atoms with Crippen molar-refractivity contribution in [1.29, 1.82) is 0 Å². The molecule has 2 saturated heterocycles. The molecular formula is C15H26F3N3O6S. The number of amides is 1. The predicted octanol–water partition coefficient (Wildman–Crippen LogP) is -0.430. The Hall–Kier alpha value is -1.44. The fraction of sp³-hybridized carbons (Fsp3) is 0.867. The molecule has 2 aliphatic rings. The first-order valence-corrected chi connectivity index (χ1v) is 10.3. The lowest BCUT2D eigenvalue weighted by molar-refractivity contribution is -0.192. The van der Waals surface area contributed by atoms with E-state index in [1.807, 2.05) is 7.05 Å². The summed E-state index contributed by atoms with van der Waals surface area (Å²) in [5, 5.41) is 16.2. The zero-order chi connectivity index (χ0) is 21.8. The van der Waals surface area contributed by atoms with E-state index in [0.717, 1.165) is 6.54 Å². The number of carbonyl (C=O) groups excluding carboxylic acids is 1. The van der Waals surface area contributed by atoms with Crippen molar-refractivity contribution in [2.45, 2.75) is 31.5 Å². The minimum atomic E-state index is -5.08. The SMILES string of the molecule is CCS(=O)(=O)N1CCC2(CC1)C(=O)N(CCO)CCN2C.O=C(O)C(F)(F)F. The zero-order valence-electron chi connectivity index (χ0n) is 15.8. The van der Waals surface area contributed by atoms with Crippen molar-refractivity contribution < 1.29 is 41.4 Å². The number of hydrogen-bond donors (Lipinski definition) is 2. The second kappa shape index (κ2) is 9.37. The van der Waals surface area contributed by atoms with Gasteiger partial charge in [0.2, 0.25) is 15.9 Å². The number of carboxylic acids is 1. The number of likely N-dealkylation sites (N-methyl/N-ethyl adjacent to an activating group) is 1. The molecule has 0 saturated carbocycles. The molecule has 0 atom stereocenters. The van der Waals surface area contributed by atoms with Crippen LogP contribution in [0.15, 0.2) is 0 Å². The number of carbonyl (C=O) groups is 2. The number of aliphatic hydroxyl groups excluding tert-OH is 1. The molecule has 2 rings (SSSR count). The highest BCUT2D eigenvalue weighted by Crippen LogP contribution is 2.33. The zero-order valence-corrected chi connectivity index (χ0v) is 16.6. The molecule has 1 spiro atoms. The summed E-state index contributed by atoms with van der Waals surface area (Å²) in [6, 6.07) is 0. The van der Waals surface area contributed by atoms with E-state index in [1.165, 1.54) is 4.31 Å². The molecule has 0 aromatic carbocycles. The van der Waals surface area contributed by atoms with E-state index in [1.54, 1.807) is 11.8 Å². The number of carboxylic acid groups (broad SMARTS) is 1. The van der Waals surface area contributed by atoms with Crippen LogP contribution in [-0.2, 0) is 19.6 Å². The first-order chi connectivity index (χ1) is 12.8. The number of alkyl halides is 3. The summed E-state index contributed by atoms with van der Waals surface area (Å²) in [5.41, 5.74) is -0.604. The highest BCUT2D eigenvalue weighted by atomic mass is 32.2. The average molecular weight is 433 g/mol. The highest BCUT2D eigenvalue weighted by Gasteiger charge is 2.50. The summed E-state index contributed by atoms with van der Waals surface area (Å²) in [5.74, 6) is -2.63. The fourth-order valence-corrected chi connectivity index (χ4v) is 4.39. The van der Waals surface area contributed by atoms with Crippen molar-refractivity contribution in [1.82, 2.24) is 14.1 Å². The lowest BCUT2D eigenvalue weighted by atomic mass is 9.83. The normalized spacial score (nSPS) is 21.4. The smallest absolute Gasteiger partial charge is 0.475 e. The Kier molecular flexibility index (Phi) is 8.23. The number of β-amino-alcohol motifs (C(OH)–C–C–N with tert-alkyl or cyclic N) is 1.